The lowest BCUT2D eigenvalue weighted by Gasteiger charge is -2.38. The molecule has 3 nitrogen and oxygen atoms in total. The second kappa shape index (κ2) is 4.16. The summed E-state index contributed by atoms with van der Waals surface area (Å²) < 4.78 is 0. The van der Waals surface area contributed by atoms with E-state index in [1.165, 1.54) is 30.2 Å². The van der Waals surface area contributed by atoms with Crippen molar-refractivity contribution in [3.05, 3.63) is 36.4 Å². The second-order valence-corrected chi connectivity index (χ2v) is 5.06. The molecule has 0 N–H and O–H groups in total. The van der Waals surface area contributed by atoms with Crippen molar-refractivity contribution in [3.63, 3.8) is 0 Å². The van der Waals surface area contributed by atoms with Gasteiger partial charge in [-0.3, -0.25) is 4.79 Å². The molecule has 18 heavy (non-hydrogen) atoms. The van der Waals surface area contributed by atoms with Crippen LogP contribution in [0.3, 0.4) is 0 Å². The number of carbonyl (C=O) groups is 1. The molecule has 2 aliphatic rings. The average Bonchev–Trinajstić information content (AvgIpc) is 3.21. The first kappa shape index (κ1) is 11.3. The van der Waals surface area contributed by atoms with Crippen LogP contribution in [-0.4, -0.2) is 25.0 Å². The smallest absolute Gasteiger partial charge is 0.250 e. The number of rotatable bonds is 2. The van der Waals surface area contributed by atoms with E-state index in [2.05, 4.69) is 24.5 Å². The Morgan fingerprint density at radius 1 is 1.39 bits per heavy atom. The number of fused-ring (bicyclic) bond motifs is 1. The lowest BCUT2D eigenvalue weighted by atomic mass is 10.1. The zero-order valence-electron chi connectivity index (χ0n) is 10.7. The SMILES string of the molecule is C=CC(=O)N1CCN(C2CC2)c2c(C)cccc21. The first-order valence-electron chi connectivity index (χ1n) is 6.52. The van der Waals surface area contributed by atoms with Crippen LogP contribution in [0.4, 0.5) is 11.4 Å². The molecule has 0 bridgehead atoms. The van der Waals surface area contributed by atoms with E-state index in [0.29, 0.717) is 6.04 Å². The van der Waals surface area contributed by atoms with Gasteiger partial charge in [0.15, 0.2) is 0 Å². The maximum absolute atomic E-state index is 11.9. The monoisotopic (exact) mass is 242 g/mol. The van der Waals surface area contributed by atoms with Gasteiger partial charge in [-0.1, -0.05) is 18.7 Å². The van der Waals surface area contributed by atoms with E-state index in [9.17, 15) is 4.79 Å². The van der Waals surface area contributed by atoms with Gasteiger partial charge >= 0.3 is 0 Å². The van der Waals surface area contributed by atoms with Crippen LogP contribution in [0.5, 0.6) is 0 Å². The van der Waals surface area contributed by atoms with Gasteiger partial charge in [0, 0.05) is 19.1 Å². The maximum Gasteiger partial charge on any atom is 0.250 e. The zero-order valence-corrected chi connectivity index (χ0v) is 10.7. The highest BCUT2D eigenvalue weighted by molar-refractivity contribution is 6.04. The van der Waals surface area contributed by atoms with Crippen LogP contribution in [0.1, 0.15) is 18.4 Å². The maximum atomic E-state index is 11.9. The molecule has 1 aromatic rings. The van der Waals surface area contributed by atoms with Gasteiger partial charge in [-0.25, -0.2) is 0 Å². The molecular formula is C15H18N2O. The van der Waals surface area contributed by atoms with Crippen LogP contribution < -0.4 is 9.80 Å². The van der Waals surface area contributed by atoms with Crippen LogP contribution in [-0.2, 0) is 4.79 Å². The Bertz CT molecular complexity index is 505. The number of aryl methyl sites for hydroxylation is 1. The number of hydrogen-bond acceptors (Lipinski definition) is 2. The first-order chi connectivity index (χ1) is 8.72. The first-order valence-corrected chi connectivity index (χ1v) is 6.52. The predicted octanol–water partition coefficient (Wildman–Crippen LogP) is 2.50. The molecule has 0 radical (unpaired) electrons. The van der Waals surface area contributed by atoms with Crippen LogP contribution in [0.15, 0.2) is 30.9 Å². The standard InChI is InChI=1S/C15H18N2O/c1-3-14(18)17-10-9-16(12-7-8-12)15-11(2)5-4-6-13(15)17/h3-6,12H,1,7-10H2,2H3. The van der Waals surface area contributed by atoms with Crippen molar-refractivity contribution in [2.45, 2.75) is 25.8 Å². The van der Waals surface area contributed by atoms with Gasteiger partial charge in [0.25, 0.3) is 5.91 Å². The third-order valence-electron chi connectivity index (χ3n) is 3.79. The van der Waals surface area contributed by atoms with E-state index < -0.39 is 0 Å². The van der Waals surface area contributed by atoms with Crippen molar-refractivity contribution in [1.82, 2.24) is 0 Å². The molecule has 3 heteroatoms. The lowest BCUT2D eigenvalue weighted by Crippen LogP contribution is -2.44. The highest BCUT2D eigenvalue weighted by atomic mass is 16.2. The summed E-state index contributed by atoms with van der Waals surface area (Å²) in [4.78, 5) is 16.2. The summed E-state index contributed by atoms with van der Waals surface area (Å²) in [5.41, 5.74) is 3.53. The van der Waals surface area contributed by atoms with Crippen LogP contribution in [0.2, 0.25) is 0 Å². The molecule has 0 aromatic heterocycles. The molecule has 94 valence electrons. The van der Waals surface area contributed by atoms with Gasteiger partial charge < -0.3 is 9.80 Å². The molecule has 1 aliphatic carbocycles. The van der Waals surface area contributed by atoms with E-state index in [1.54, 1.807) is 0 Å². The Morgan fingerprint density at radius 2 is 2.17 bits per heavy atom. The van der Waals surface area contributed by atoms with E-state index in [1.807, 2.05) is 17.0 Å². The van der Waals surface area contributed by atoms with Gasteiger partial charge in [0.1, 0.15) is 0 Å². The molecule has 1 amide bonds. The van der Waals surface area contributed by atoms with E-state index in [-0.39, 0.29) is 5.91 Å². The molecule has 3 rings (SSSR count). The fourth-order valence-corrected chi connectivity index (χ4v) is 2.77. The van der Waals surface area contributed by atoms with Gasteiger partial charge in [-0.05, 0) is 37.5 Å². The minimum atomic E-state index is -0.00250. The summed E-state index contributed by atoms with van der Waals surface area (Å²) >= 11 is 0. The zero-order chi connectivity index (χ0) is 12.7. The number of para-hydroxylation sites is 1. The third-order valence-corrected chi connectivity index (χ3v) is 3.79. The van der Waals surface area contributed by atoms with E-state index >= 15 is 0 Å². The van der Waals surface area contributed by atoms with Gasteiger partial charge in [-0.15, -0.1) is 0 Å². The van der Waals surface area contributed by atoms with Crippen molar-refractivity contribution in [2.24, 2.45) is 0 Å². The fraction of sp³-hybridized carbons (Fsp3) is 0.400. The Labute approximate surface area is 108 Å². The van der Waals surface area contributed by atoms with Gasteiger partial charge in [0.2, 0.25) is 0 Å². The van der Waals surface area contributed by atoms with E-state index in [4.69, 9.17) is 0 Å². The van der Waals surface area contributed by atoms with Gasteiger partial charge in [0.05, 0.1) is 11.4 Å². The van der Waals surface area contributed by atoms with Crippen molar-refractivity contribution in [1.29, 1.82) is 0 Å². The molecule has 0 atom stereocenters. The number of nitrogens with zero attached hydrogens (tertiary/aromatic N) is 2. The highest BCUT2D eigenvalue weighted by Gasteiger charge is 2.35. The van der Waals surface area contributed by atoms with Crippen LogP contribution >= 0.6 is 0 Å². The molecule has 0 spiro atoms. The predicted molar refractivity (Wildman–Crippen MR) is 74.1 cm³/mol. The Kier molecular flexibility index (Phi) is 2.62. The Balaban J connectivity index is 2.07. The summed E-state index contributed by atoms with van der Waals surface area (Å²) in [7, 11) is 0. The number of hydrogen-bond donors (Lipinski definition) is 0. The Hall–Kier alpha value is -1.77. The molecule has 1 aliphatic heterocycles. The molecule has 1 saturated carbocycles. The van der Waals surface area contributed by atoms with Crippen molar-refractivity contribution in [3.8, 4) is 0 Å². The molecule has 1 heterocycles. The minimum absolute atomic E-state index is 0.00250. The molecular weight excluding hydrogens is 224 g/mol. The molecule has 1 fully saturated rings. The van der Waals surface area contributed by atoms with Crippen LogP contribution in [0.25, 0.3) is 0 Å². The molecule has 0 saturated heterocycles. The average molecular weight is 242 g/mol. The summed E-state index contributed by atoms with van der Waals surface area (Å²) in [5, 5.41) is 0. The number of carbonyl (C=O) groups excluding carboxylic acids is 1. The molecule has 0 unspecified atom stereocenters. The van der Waals surface area contributed by atoms with Crippen LogP contribution in [0, 0.1) is 6.92 Å². The summed E-state index contributed by atoms with van der Waals surface area (Å²) in [6, 6.07) is 6.87. The fourth-order valence-electron chi connectivity index (χ4n) is 2.77. The van der Waals surface area contributed by atoms with E-state index in [0.717, 1.165) is 18.8 Å². The van der Waals surface area contributed by atoms with Crippen molar-refractivity contribution in [2.75, 3.05) is 22.9 Å². The third kappa shape index (κ3) is 1.70. The normalized spacial score (nSPS) is 18.5. The Morgan fingerprint density at radius 3 is 2.83 bits per heavy atom. The number of benzene rings is 1. The molecule has 1 aromatic carbocycles. The topological polar surface area (TPSA) is 23.6 Å². The van der Waals surface area contributed by atoms with Crippen molar-refractivity contribution >= 4 is 17.3 Å². The number of anilines is 2. The summed E-state index contributed by atoms with van der Waals surface area (Å²) in [6.07, 6.45) is 3.96. The quantitative estimate of drug-likeness (QED) is 0.744. The van der Waals surface area contributed by atoms with Crippen molar-refractivity contribution < 1.29 is 4.79 Å². The second-order valence-electron chi connectivity index (χ2n) is 5.06. The minimum Gasteiger partial charge on any atom is -0.365 e. The number of amides is 1. The largest absolute Gasteiger partial charge is 0.365 e. The highest BCUT2D eigenvalue weighted by Crippen LogP contribution is 2.41. The summed E-state index contributed by atoms with van der Waals surface area (Å²) in [6.45, 7) is 7.41. The summed E-state index contributed by atoms with van der Waals surface area (Å²) in [5.74, 6) is -0.00250. The lowest BCUT2D eigenvalue weighted by molar-refractivity contribution is -0.114. The van der Waals surface area contributed by atoms with Gasteiger partial charge in [-0.2, -0.15) is 0 Å².